The minimum Gasteiger partial charge on any atom is -0.462 e. The lowest BCUT2D eigenvalue weighted by Crippen LogP contribution is -2.30. The molecule has 78 heavy (non-hydrogen) atoms. The summed E-state index contributed by atoms with van der Waals surface area (Å²) in [4.78, 5) is 48.7. The van der Waals surface area contributed by atoms with Crippen molar-refractivity contribution < 1.29 is 52.2 Å². The fraction of sp³-hybridized carbons (Fsp3) is 0.682. The van der Waals surface area contributed by atoms with Crippen molar-refractivity contribution in [1.82, 2.24) is 0 Å². The first-order valence-electron chi connectivity index (χ1n) is 30.8. The summed E-state index contributed by atoms with van der Waals surface area (Å²) in [6.07, 6.45) is 71.8. The molecule has 0 aromatic rings. The van der Waals surface area contributed by atoms with Crippen LogP contribution in [0.2, 0.25) is 0 Å². The van der Waals surface area contributed by atoms with Crippen molar-refractivity contribution >= 4 is 25.7 Å². The molecule has 0 aromatic carbocycles. The molecule has 3 unspecified atom stereocenters. The van der Waals surface area contributed by atoms with Crippen LogP contribution in [0.5, 0.6) is 0 Å². The summed E-state index contributed by atoms with van der Waals surface area (Å²) in [5, 5.41) is 9.83. The molecule has 0 aliphatic carbocycles. The number of esters is 3. The van der Waals surface area contributed by atoms with Crippen LogP contribution in [0.3, 0.4) is 0 Å². The normalized spacial score (nSPS) is 14.1. The van der Waals surface area contributed by atoms with Gasteiger partial charge in [0, 0.05) is 19.3 Å². The molecular weight excluding hydrogens is 1000 g/mol. The third kappa shape index (κ3) is 56.8. The summed E-state index contributed by atoms with van der Waals surface area (Å²) < 4.78 is 39.6. The molecule has 0 bridgehead atoms. The number of allylic oxidation sites excluding steroid dienone is 18. The van der Waals surface area contributed by atoms with Crippen LogP contribution in [0.4, 0.5) is 0 Å². The summed E-state index contributed by atoms with van der Waals surface area (Å²) in [5.74, 6) is -1.52. The van der Waals surface area contributed by atoms with Gasteiger partial charge in [-0.15, -0.1) is 0 Å². The second kappa shape index (κ2) is 59.3. The fourth-order valence-corrected chi connectivity index (χ4v) is 8.86. The highest BCUT2D eigenvalue weighted by molar-refractivity contribution is 7.47. The Morgan fingerprint density at radius 2 is 0.667 bits per heavy atom. The van der Waals surface area contributed by atoms with Gasteiger partial charge < -0.3 is 24.2 Å². The first kappa shape index (κ1) is 74.1. The smallest absolute Gasteiger partial charge is 0.462 e. The van der Waals surface area contributed by atoms with E-state index in [1.165, 1.54) is 57.8 Å². The first-order valence-corrected chi connectivity index (χ1v) is 32.3. The summed E-state index contributed by atoms with van der Waals surface area (Å²) in [5.41, 5.74) is 0. The molecule has 446 valence electrons. The molecule has 0 radical (unpaired) electrons. The maximum atomic E-state index is 12.9. The van der Waals surface area contributed by atoms with Crippen LogP contribution in [-0.4, -0.2) is 66.5 Å². The van der Waals surface area contributed by atoms with Crippen molar-refractivity contribution in [1.29, 1.82) is 0 Å². The number of hydrogen-bond donors (Lipinski definition) is 2. The lowest BCUT2D eigenvalue weighted by molar-refractivity contribution is -0.161. The summed E-state index contributed by atoms with van der Waals surface area (Å²) >= 11 is 0. The number of hydrogen-bond acceptors (Lipinski definition) is 10. The van der Waals surface area contributed by atoms with Gasteiger partial charge in [-0.25, -0.2) is 4.57 Å². The van der Waals surface area contributed by atoms with E-state index in [0.717, 1.165) is 135 Å². The van der Waals surface area contributed by atoms with Crippen molar-refractivity contribution in [3.05, 3.63) is 109 Å². The molecule has 0 rings (SSSR count). The van der Waals surface area contributed by atoms with Gasteiger partial charge >= 0.3 is 25.7 Å². The first-order chi connectivity index (χ1) is 38.2. The van der Waals surface area contributed by atoms with Crippen molar-refractivity contribution in [2.24, 2.45) is 0 Å². The van der Waals surface area contributed by atoms with E-state index < -0.39 is 57.8 Å². The van der Waals surface area contributed by atoms with Gasteiger partial charge in [-0.3, -0.25) is 23.4 Å². The lowest BCUT2D eigenvalue weighted by atomic mass is 10.0. The van der Waals surface area contributed by atoms with Crippen LogP contribution in [0, 0.1) is 0 Å². The van der Waals surface area contributed by atoms with E-state index in [1.807, 2.05) is 0 Å². The quantitative estimate of drug-likeness (QED) is 0.0197. The standard InChI is InChI=1S/C66H111O11P/c1-4-7-10-13-16-19-22-25-27-29-31-33-35-38-40-43-46-49-52-55-64(68)73-59-63(77-66(70)57-54-51-48-45-42-39-36-34-32-30-28-26-23-20-17-14-11-8-5-2)61-75-78(71,72)74-60-62(58-67)76-65(69)56-53-50-47-44-41-37-24-21-18-15-12-9-6-3/h7-8,10-11,16-17,19-20,25-28,31-34,38,40,62-63,67H,4-6,9,12-15,18,21-24,29-30,35-37,39,41-61H2,1-3H3,(H,71,72)/b10-7-,11-8-,19-16-,20-17-,27-25-,28-26-,33-31-,34-32-,40-38-. The van der Waals surface area contributed by atoms with E-state index >= 15 is 0 Å². The van der Waals surface area contributed by atoms with E-state index in [-0.39, 0.29) is 25.9 Å². The molecular formula is C66H111O11P. The van der Waals surface area contributed by atoms with Gasteiger partial charge in [0.1, 0.15) is 12.7 Å². The van der Waals surface area contributed by atoms with Crippen molar-refractivity contribution in [2.75, 3.05) is 26.4 Å². The highest BCUT2D eigenvalue weighted by Crippen LogP contribution is 2.43. The molecule has 0 aliphatic rings. The minimum absolute atomic E-state index is 0.139. The van der Waals surface area contributed by atoms with E-state index in [4.69, 9.17) is 23.3 Å². The molecule has 0 spiro atoms. The molecule has 0 aromatic heterocycles. The zero-order valence-corrected chi connectivity index (χ0v) is 50.2. The Kier molecular flexibility index (Phi) is 56.3. The second-order valence-electron chi connectivity index (χ2n) is 20.1. The van der Waals surface area contributed by atoms with Crippen LogP contribution in [0.25, 0.3) is 0 Å². The number of rotatable bonds is 56. The topological polar surface area (TPSA) is 155 Å². The van der Waals surface area contributed by atoms with Gasteiger partial charge in [-0.05, 0) is 103 Å². The summed E-state index contributed by atoms with van der Waals surface area (Å²) in [6.45, 7) is 4.38. The van der Waals surface area contributed by atoms with Crippen molar-refractivity contribution in [3.63, 3.8) is 0 Å². The van der Waals surface area contributed by atoms with E-state index in [2.05, 4.69) is 130 Å². The van der Waals surface area contributed by atoms with Gasteiger partial charge in [0.15, 0.2) is 6.10 Å². The number of unbranched alkanes of at least 4 members (excludes halogenated alkanes) is 21. The number of carbonyl (C=O) groups is 3. The Labute approximate surface area is 475 Å². The predicted molar refractivity (Wildman–Crippen MR) is 325 cm³/mol. The molecule has 0 amide bonds. The van der Waals surface area contributed by atoms with Crippen LogP contribution < -0.4 is 0 Å². The van der Waals surface area contributed by atoms with Crippen molar-refractivity contribution in [3.8, 4) is 0 Å². The number of carbonyl (C=O) groups excluding carboxylic acids is 3. The molecule has 2 N–H and O–H groups in total. The number of aliphatic hydroxyl groups excluding tert-OH is 1. The average Bonchev–Trinajstić information content (AvgIpc) is 3.43. The van der Waals surface area contributed by atoms with Gasteiger partial charge in [-0.1, -0.05) is 239 Å². The zero-order chi connectivity index (χ0) is 56.9. The Hall–Kier alpha value is -3.86. The summed E-state index contributed by atoms with van der Waals surface area (Å²) in [6, 6.07) is 0. The number of ether oxygens (including phenoxy) is 3. The van der Waals surface area contributed by atoms with Gasteiger partial charge in [0.25, 0.3) is 0 Å². The SMILES string of the molecule is CC/C=C\C/C=C\C/C=C\C/C=C\C/C=C\CCCCCC(=O)OCC(COP(=O)(O)OCC(CO)OC(=O)CCCCCCCCCCCCCCC)OC(=O)CCCCCCCC/C=C\C/C=C\C/C=C\C/C=C\CC. The van der Waals surface area contributed by atoms with Gasteiger partial charge in [-0.2, -0.15) is 0 Å². The van der Waals surface area contributed by atoms with E-state index in [1.54, 1.807) is 0 Å². The van der Waals surface area contributed by atoms with Crippen LogP contribution in [0.1, 0.15) is 252 Å². The third-order valence-corrected chi connectivity index (χ3v) is 13.6. The van der Waals surface area contributed by atoms with Crippen LogP contribution >= 0.6 is 7.82 Å². The number of phosphoric ester groups is 1. The Bertz CT molecular complexity index is 1720. The predicted octanol–water partition coefficient (Wildman–Crippen LogP) is 18.6. The fourth-order valence-electron chi connectivity index (χ4n) is 8.08. The van der Waals surface area contributed by atoms with Crippen LogP contribution in [0.15, 0.2) is 109 Å². The minimum atomic E-state index is -4.77. The van der Waals surface area contributed by atoms with Gasteiger partial charge in [0.2, 0.25) is 0 Å². The second-order valence-corrected chi connectivity index (χ2v) is 21.6. The maximum Gasteiger partial charge on any atom is 0.472 e. The number of aliphatic hydroxyl groups is 1. The third-order valence-electron chi connectivity index (χ3n) is 12.7. The maximum absolute atomic E-state index is 12.9. The summed E-state index contributed by atoms with van der Waals surface area (Å²) in [7, 11) is -4.77. The molecule has 0 heterocycles. The molecule has 12 heteroatoms. The Balaban J connectivity index is 4.81. The molecule has 0 saturated heterocycles. The van der Waals surface area contributed by atoms with Crippen molar-refractivity contribution in [2.45, 2.75) is 264 Å². The largest absolute Gasteiger partial charge is 0.472 e. The molecule has 3 atom stereocenters. The molecule has 0 saturated carbocycles. The number of phosphoric acid groups is 1. The molecule has 11 nitrogen and oxygen atoms in total. The molecule has 0 aliphatic heterocycles. The Morgan fingerprint density at radius 1 is 0.372 bits per heavy atom. The highest BCUT2D eigenvalue weighted by Gasteiger charge is 2.28. The van der Waals surface area contributed by atoms with E-state index in [0.29, 0.717) is 19.3 Å². The van der Waals surface area contributed by atoms with Crippen LogP contribution in [-0.2, 0) is 42.2 Å². The lowest BCUT2D eigenvalue weighted by Gasteiger charge is -2.21. The monoisotopic (exact) mass is 1110 g/mol. The van der Waals surface area contributed by atoms with E-state index in [9.17, 15) is 28.9 Å². The van der Waals surface area contributed by atoms with Gasteiger partial charge in [0.05, 0.1) is 19.8 Å². The molecule has 0 fully saturated rings. The Morgan fingerprint density at radius 3 is 1.04 bits per heavy atom. The highest BCUT2D eigenvalue weighted by atomic mass is 31.2. The average molecular weight is 1110 g/mol. The zero-order valence-electron chi connectivity index (χ0n) is 49.3.